The Kier molecular flexibility index (Phi) is 5.22. The highest BCUT2D eigenvalue weighted by Gasteiger charge is 2.46. The number of nitrogens with one attached hydrogen (secondary N) is 1. The van der Waals surface area contributed by atoms with Gasteiger partial charge in [0.15, 0.2) is 0 Å². The summed E-state index contributed by atoms with van der Waals surface area (Å²) in [4.78, 5) is 24.4. The minimum Gasteiger partial charge on any atom is -0.334 e. The molecule has 1 aliphatic rings. The number of carbonyl (C=O) groups is 1. The average molecular weight is 429 g/mol. The number of alkyl halides is 3. The average Bonchev–Trinajstić information content (AvgIpc) is 2.64. The third kappa shape index (κ3) is 4.31. The van der Waals surface area contributed by atoms with E-state index >= 15 is 0 Å². The zero-order valence-corrected chi connectivity index (χ0v) is 15.5. The van der Waals surface area contributed by atoms with Gasteiger partial charge in [0.1, 0.15) is 0 Å². The molecular weight excluding hydrogens is 415 g/mol. The van der Waals surface area contributed by atoms with Crippen molar-refractivity contribution in [1.82, 2.24) is 4.90 Å². The second-order valence-corrected chi connectivity index (χ2v) is 8.00. The van der Waals surface area contributed by atoms with Gasteiger partial charge in [-0.2, -0.15) is 21.6 Å². The third-order valence-corrected chi connectivity index (χ3v) is 5.47. The molecule has 154 valence electrons. The van der Waals surface area contributed by atoms with Crippen LogP contribution in [0.25, 0.3) is 0 Å². The van der Waals surface area contributed by atoms with Gasteiger partial charge in [0.2, 0.25) is 0 Å². The first-order valence-corrected chi connectivity index (χ1v) is 9.71. The van der Waals surface area contributed by atoms with Crippen LogP contribution in [0.4, 0.5) is 24.5 Å². The lowest BCUT2D eigenvalue weighted by Crippen LogP contribution is -2.37. The third-order valence-electron chi connectivity index (χ3n) is 4.36. The smallest absolute Gasteiger partial charge is 0.334 e. The Labute approximate surface area is 163 Å². The number of nitro groups is 1. The van der Waals surface area contributed by atoms with Crippen LogP contribution in [0.2, 0.25) is 0 Å². The first-order chi connectivity index (χ1) is 13.5. The Morgan fingerprint density at radius 1 is 1.14 bits per heavy atom. The molecule has 1 N–H and O–H groups in total. The summed E-state index contributed by atoms with van der Waals surface area (Å²) in [6, 6.07) is 9.21. The maximum atomic E-state index is 12.6. The summed E-state index contributed by atoms with van der Waals surface area (Å²) in [5.74, 6) is -0.392. The summed E-state index contributed by atoms with van der Waals surface area (Å²) in [6.07, 6.45) is 0.503. The van der Waals surface area contributed by atoms with E-state index in [1.807, 2.05) is 0 Å². The molecule has 12 heteroatoms. The topological polar surface area (TPSA) is 110 Å². The lowest BCUT2D eigenvalue weighted by Gasteiger charge is -2.28. The number of nitrogens with zero attached hydrogens (tertiary/aromatic N) is 2. The normalized spacial score (nSPS) is 14.4. The van der Waals surface area contributed by atoms with E-state index in [2.05, 4.69) is 0 Å². The van der Waals surface area contributed by atoms with Gasteiger partial charge >= 0.3 is 15.5 Å². The van der Waals surface area contributed by atoms with E-state index in [4.69, 9.17) is 0 Å². The van der Waals surface area contributed by atoms with E-state index in [0.717, 1.165) is 12.1 Å². The fraction of sp³-hybridized carbons (Fsp3) is 0.235. The molecule has 0 atom stereocenters. The first-order valence-electron chi connectivity index (χ1n) is 8.22. The van der Waals surface area contributed by atoms with E-state index in [1.165, 1.54) is 33.9 Å². The lowest BCUT2D eigenvalue weighted by molar-refractivity contribution is -0.384. The molecule has 8 nitrogen and oxygen atoms in total. The molecule has 0 aliphatic carbocycles. The molecule has 0 aromatic heterocycles. The van der Waals surface area contributed by atoms with E-state index in [0.29, 0.717) is 24.1 Å². The Balaban J connectivity index is 1.73. The van der Waals surface area contributed by atoms with E-state index in [9.17, 15) is 36.5 Å². The summed E-state index contributed by atoms with van der Waals surface area (Å²) in [5.41, 5.74) is -4.39. The molecule has 1 aliphatic heterocycles. The van der Waals surface area contributed by atoms with Crippen LogP contribution < -0.4 is 4.72 Å². The van der Waals surface area contributed by atoms with Crippen molar-refractivity contribution >= 4 is 27.3 Å². The summed E-state index contributed by atoms with van der Waals surface area (Å²) in [5, 5.41) is 10.9. The number of fused-ring (bicyclic) bond motifs is 1. The van der Waals surface area contributed by atoms with Crippen molar-refractivity contribution in [1.29, 1.82) is 0 Å². The number of anilines is 1. The van der Waals surface area contributed by atoms with Crippen LogP contribution in [0.5, 0.6) is 0 Å². The van der Waals surface area contributed by atoms with Crippen LogP contribution >= 0.6 is 0 Å². The van der Waals surface area contributed by atoms with Crippen molar-refractivity contribution < 1.29 is 31.3 Å². The second-order valence-electron chi connectivity index (χ2n) is 6.32. The molecule has 29 heavy (non-hydrogen) atoms. The summed E-state index contributed by atoms with van der Waals surface area (Å²) in [6.45, 7) is 0.485. The van der Waals surface area contributed by atoms with Gasteiger partial charge in [-0.1, -0.05) is 18.2 Å². The predicted octanol–water partition coefficient (Wildman–Crippen LogP) is 3.05. The fourth-order valence-electron chi connectivity index (χ4n) is 2.88. The largest absolute Gasteiger partial charge is 0.516 e. The van der Waals surface area contributed by atoms with Crippen molar-refractivity contribution in [2.45, 2.75) is 18.5 Å². The van der Waals surface area contributed by atoms with Gasteiger partial charge in [-0.3, -0.25) is 19.6 Å². The molecular formula is C17H14F3N3O5S. The van der Waals surface area contributed by atoms with E-state index in [-0.39, 0.29) is 23.5 Å². The van der Waals surface area contributed by atoms with Crippen molar-refractivity contribution in [3.8, 4) is 0 Å². The molecule has 1 heterocycles. The van der Waals surface area contributed by atoms with Gasteiger partial charge in [-0.05, 0) is 29.7 Å². The van der Waals surface area contributed by atoms with Crippen LogP contribution in [-0.2, 0) is 23.0 Å². The number of hydrogen-bond donors (Lipinski definition) is 1. The molecule has 0 saturated heterocycles. The summed E-state index contributed by atoms with van der Waals surface area (Å²) in [7, 11) is -5.51. The lowest BCUT2D eigenvalue weighted by atomic mass is 9.98. The minimum absolute atomic E-state index is 0.118. The number of rotatable bonds is 5. The molecule has 1 amide bonds. The molecule has 0 spiro atoms. The number of halogens is 3. The number of benzene rings is 2. The van der Waals surface area contributed by atoms with Gasteiger partial charge in [0, 0.05) is 36.5 Å². The zero-order chi connectivity index (χ0) is 21.4. The Bertz CT molecular complexity index is 1070. The van der Waals surface area contributed by atoms with E-state index in [1.54, 1.807) is 6.07 Å². The fourth-order valence-corrected chi connectivity index (χ4v) is 3.45. The molecule has 0 radical (unpaired) electrons. The van der Waals surface area contributed by atoms with Gasteiger partial charge in [-0.15, -0.1) is 0 Å². The number of nitro benzene ring substituents is 1. The van der Waals surface area contributed by atoms with E-state index < -0.39 is 26.4 Å². The van der Waals surface area contributed by atoms with Gasteiger partial charge in [-0.25, -0.2) is 0 Å². The van der Waals surface area contributed by atoms with Gasteiger partial charge in [0.25, 0.3) is 11.6 Å². The Morgan fingerprint density at radius 3 is 2.38 bits per heavy atom. The molecule has 0 unspecified atom stereocenters. The molecule has 2 aromatic rings. The van der Waals surface area contributed by atoms with Crippen LogP contribution in [0.15, 0.2) is 42.5 Å². The molecule has 0 saturated carbocycles. The number of carbonyl (C=O) groups excluding carboxylic acids is 1. The monoisotopic (exact) mass is 429 g/mol. The van der Waals surface area contributed by atoms with Gasteiger partial charge < -0.3 is 4.90 Å². The standard InChI is InChI=1S/C17H14F3N3O5S/c18-17(19,20)29(27,28)21-13-4-1-11(2-5-13)10-22-8-7-12-3-6-14(23(25)26)9-15(12)16(22)24/h1-6,9,21H,7-8,10H2. The maximum Gasteiger partial charge on any atom is 0.516 e. The first kappa shape index (κ1) is 20.6. The number of amides is 1. The Hall–Kier alpha value is -3.15. The second kappa shape index (κ2) is 7.35. The molecule has 3 rings (SSSR count). The molecule has 0 bridgehead atoms. The van der Waals surface area contributed by atoms with Crippen LogP contribution in [0.1, 0.15) is 21.5 Å². The highest BCUT2D eigenvalue weighted by atomic mass is 32.2. The van der Waals surface area contributed by atoms with Crippen molar-refractivity contribution in [3.05, 3.63) is 69.3 Å². The molecule has 2 aromatic carbocycles. The number of sulfonamides is 1. The maximum absolute atomic E-state index is 12.6. The van der Waals surface area contributed by atoms with Crippen LogP contribution in [0, 0.1) is 10.1 Å². The molecule has 0 fully saturated rings. The number of non-ortho nitro benzene ring substituents is 1. The van der Waals surface area contributed by atoms with Crippen LogP contribution in [0.3, 0.4) is 0 Å². The minimum atomic E-state index is -5.51. The zero-order valence-electron chi connectivity index (χ0n) is 14.6. The summed E-state index contributed by atoms with van der Waals surface area (Å²) < 4.78 is 60.9. The van der Waals surface area contributed by atoms with Crippen molar-refractivity contribution in [3.63, 3.8) is 0 Å². The Morgan fingerprint density at radius 2 is 1.79 bits per heavy atom. The SMILES string of the molecule is O=C1c2cc([N+](=O)[O-])ccc2CCN1Cc1ccc(NS(=O)(=O)C(F)(F)F)cc1. The van der Waals surface area contributed by atoms with Gasteiger partial charge in [0.05, 0.1) is 4.92 Å². The van der Waals surface area contributed by atoms with Crippen LogP contribution in [-0.4, -0.2) is 36.2 Å². The highest BCUT2D eigenvalue weighted by Crippen LogP contribution is 2.27. The van der Waals surface area contributed by atoms with Crippen molar-refractivity contribution in [2.24, 2.45) is 0 Å². The summed E-state index contributed by atoms with van der Waals surface area (Å²) >= 11 is 0. The predicted molar refractivity (Wildman–Crippen MR) is 96.6 cm³/mol. The number of hydrogen-bond acceptors (Lipinski definition) is 5. The quantitative estimate of drug-likeness (QED) is 0.580. The highest BCUT2D eigenvalue weighted by molar-refractivity contribution is 7.93. The van der Waals surface area contributed by atoms with Crippen molar-refractivity contribution in [2.75, 3.05) is 11.3 Å².